The first kappa shape index (κ1) is 30.9. The number of anilines is 1. The van der Waals surface area contributed by atoms with Crippen molar-refractivity contribution in [3.8, 4) is 17.2 Å². The van der Waals surface area contributed by atoms with Gasteiger partial charge in [0.2, 0.25) is 12.7 Å². The average Bonchev–Trinajstić information content (AvgIpc) is 3.45. The molecule has 0 bridgehead atoms. The predicted molar refractivity (Wildman–Crippen MR) is 163 cm³/mol. The van der Waals surface area contributed by atoms with Crippen LogP contribution in [0.1, 0.15) is 25.0 Å². The van der Waals surface area contributed by atoms with Gasteiger partial charge in [0.05, 0.1) is 24.0 Å². The van der Waals surface area contributed by atoms with Gasteiger partial charge in [0.15, 0.2) is 11.5 Å². The number of carbonyl (C=O) groups is 1. The molecular weight excluding hydrogens is 594 g/mol. The van der Waals surface area contributed by atoms with Gasteiger partial charge in [-0.25, -0.2) is 8.42 Å². The molecule has 2 aliphatic heterocycles. The fourth-order valence-corrected chi connectivity index (χ4v) is 6.44. The van der Waals surface area contributed by atoms with Crippen LogP contribution in [0.3, 0.4) is 0 Å². The van der Waals surface area contributed by atoms with Gasteiger partial charge in [-0.05, 0) is 74.1 Å². The summed E-state index contributed by atoms with van der Waals surface area (Å²) in [5, 5.41) is 10.3. The molecule has 230 valence electrons. The van der Waals surface area contributed by atoms with Gasteiger partial charge < -0.3 is 24.2 Å². The van der Waals surface area contributed by atoms with E-state index in [0.29, 0.717) is 41.7 Å². The Kier molecular flexibility index (Phi) is 9.36. The van der Waals surface area contributed by atoms with Gasteiger partial charge in [-0.1, -0.05) is 24.6 Å². The van der Waals surface area contributed by atoms with Crippen LogP contribution >= 0.6 is 11.6 Å². The molecule has 0 unspecified atom stereocenters. The van der Waals surface area contributed by atoms with E-state index in [9.17, 15) is 18.3 Å². The Hall–Kier alpha value is -3.51. The lowest BCUT2D eigenvalue weighted by Gasteiger charge is -2.34. The summed E-state index contributed by atoms with van der Waals surface area (Å²) in [5.41, 5.74) is 1.91. The molecule has 12 heteroatoms. The van der Waals surface area contributed by atoms with Crippen LogP contribution in [-0.4, -0.2) is 74.9 Å². The molecule has 3 atom stereocenters. The monoisotopic (exact) mass is 629 g/mol. The number of hydrogen-bond acceptors (Lipinski definition) is 8. The lowest BCUT2D eigenvalue weighted by molar-refractivity contribution is -0.134. The van der Waals surface area contributed by atoms with Crippen molar-refractivity contribution in [3.05, 3.63) is 76.8 Å². The summed E-state index contributed by atoms with van der Waals surface area (Å²) in [5.74, 6) is 1.71. The predicted octanol–water partition coefficient (Wildman–Crippen LogP) is 4.15. The highest BCUT2D eigenvalue weighted by atomic mass is 35.5. The first-order valence-corrected chi connectivity index (χ1v) is 15.9. The summed E-state index contributed by atoms with van der Waals surface area (Å²) < 4.78 is 46.2. The second kappa shape index (κ2) is 13.0. The van der Waals surface area contributed by atoms with Crippen LogP contribution in [0.25, 0.3) is 0 Å². The van der Waals surface area contributed by atoms with Gasteiger partial charge in [0, 0.05) is 41.8 Å². The average molecular weight is 630 g/mol. The number of aliphatic hydroxyl groups is 1. The fraction of sp³-hybridized carbons (Fsp3) is 0.387. The van der Waals surface area contributed by atoms with Crippen molar-refractivity contribution in [2.24, 2.45) is 5.92 Å². The minimum atomic E-state index is -3.89. The number of nitrogens with zero attached hydrogens (tertiary/aromatic N) is 2. The molecule has 5 rings (SSSR count). The zero-order valence-electron chi connectivity index (χ0n) is 24.3. The zero-order valence-corrected chi connectivity index (χ0v) is 25.9. The molecule has 2 N–H and O–H groups in total. The highest BCUT2D eigenvalue weighted by molar-refractivity contribution is 7.92. The number of nitrogens with one attached hydrogen (secondary N) is 1. The van der Waals surface area contributed by atoms with Gasteiger partial charge in [0.25, 0.3) is 10.0 Å². The van der Waals surface area contributed by atoms with Crippen molar-refractivity contribution in [1.29, 1.82) is 0 Å². The standard InChI is InChI=1S/C31H36ClN3O7S/c1-20-15-35(21(2)18-36)31(37)14-23-13-25(33-43(38,39)26-8-5-24(32)6-9-26)7-11-27(23)42-30(20)17-34(3)16-22-4-10-28-29(12-22)41-19-40-28/h4-13,20-21,30,33,36H,14-19H2,1-3H3/t20-,21+,30-/m0/s1. The van der Waals surface area contributed by atoms with Gasteiger partial charge in [-0.2, -0.15) is 0 Å². The number of carbonyl (C=O) groups excluding carboxylic acids is 1. The molecule has 0 aromatic heterocycles. The molecule has 1 amide bonds. The summed E-state index contributed by atoms with van der Waals surface area (Å²) in [6, 6.07) is 16.3. The van der Waals surface area contributed by atoms with E-state index in [-0.39, 0.29) is 42.6 Å². The Morgan fingerprint density at radius 2 is 1.79 bits per heavy atom. The van der Waals surface area contributed by atoms with Crippen molar-refractivity contribution in [2.45, 2.75) is 43.9 Å². The van der Waals surface area contributed by atoms with Crippen LogP contribution in [-0.2, 0) is 27.8 Å². The molecule has 43 heavy (non-hydrogen) atoms. The normalized spacial score (nSPS) is 19.2. The van der Waals surface area contributed by atoms with Gasteiger partial charge >= 0.3 is 0 Å². The number of hydrogen-bond donors (Lipinski definition) is 2. The number of likely N-dealkylation sites (N-methyl/N-ethyl adjacent to an activating group) is 1. The Morgan fingerprint density at radius 3 is 2.53 bits per heavy atom. The molecule has 0 saturated carbocycles. The molecule has 0 radical (unpaired) electrons. The van der Waals surface area contributed by atoms with Crippen molar-refractivity contribution < 1.29 is 32.5 Å². The topological polar surface area (TPSA) is 118 Å². The minimum absolute atomic E-state index is 0.0112. The molecule has 10 nitrogen and oxygen atoms in total. The van der Waals surface area contributed by atoms with Crippen LogP contribution in [0, 0.1) is 5.92 Å². The van der Waals surface area contributed by atoms with E-state index in [2.05, 4.69) is 9.62 Å². The van der Waals surface area contributed by atoms with Gasteiger partial charge in [-0.3, -0.25) is 14.4 Å². The van der Waals surface area contributed by atoms with Crippen LogP contribution in [0.15, 0.2) is 65.6 Å². The molecule has 0 spiro atoms. The first-order valence-electron chi connectivity index (χ1n) is 14.1. The van der Waals surface area contributed by atoms with Crippen molar-refractivity contribution in [3.63, 3.8) is 0 Å². The summed E-state index contributed by atoms with van der Waals surface area (Å²) in [4.78, 5) is 17.4. The third-order valence-electron chi connectivity index (χ3n) is 7.67. The number of ether oxygens (including phenoxy) is 3. The molecule has 0 aliphatic carbocycles. The Balaban J connectivity index is 1.40. The Bertz CT molecular complexity index is 1570. The number of sulfonamides is 1. The quantitative estimate of drug-likeness (QED) is 0.363. The third kappa shape index (κ3) is 7.35. The molecular formula is C31H36ClN3O7S. The number of fused-ring (bicyclic) bond motifs is 2. The molecule has 3 aromatic rings. The minimum Gasteiger partial charge on any atom is -0.488 e. The summed E-state index contributed by atoms with van der Waals surface area (Å²) in [6.45, 7) is 5.46. The summed E-state index contributed by atoms with van der Waals surface area (Å²) in [7, 11) is -1.89. The number of aliphatic hydroxyl groups excluding tert-OH is 1. The largest absolute Gasteiger partial charge is 0.488 e. The number of benzene rings is 3. The number of rotatable bonds is 9. The van der Waals surface area contributed by atoms with E-state index >= 15 is 0 Å². The second-order valence-electron chi connectivity index (χ2n) is 11.2. The van der Waals surface area contributed by atoms with Gasteiger partial charge in [-0.15, -0.1) is 0 Å². The zero-order chi connectivity index (χ0) is 30.7. The van der Waals surface area contributed by atoms with Crippen LogP contribution < -0.4 is 18.9 Å². The third-order valence-corrected chi connectivity index (χ3v) is 9.32. The SMILES string of the molecule is C[C@H](CO)N1C[C@H](C)[C@H](CN(C)Cc2ccc3c(c2)OCO3)Oc2ccc(NS(=O)(=O)c3ccc(Cl)cc3)cc2CC1=O. The Labute approximate surface area is 257 Å². The summed E-state index contributed by atoms with van der Waals surface area (Å²) >= 11 is 5.92. The maximum atomic E-state index is 13.5. The van der Waals surface area contributed by atoms with Gasteiger partial charge in [0.1, 0.15) is 11.9 Å². The van der Waals surface area contributed by atoms with E-state index in [1.54, 1.807) is 23.1 Å². The first-order chi connectivity index (χ1) is 20.5. The number of amides is 1. The Morgan fingerprint density at radius 1 is 1.07 bits per heavy atom. The number of halogens is 1. The maximum absolute atomic E-state index is 13.5. The highest BCUT2D eigenvalue weighted by Gasteiger charge is 2.31. The van der Waals surface area contributed by atoms with E-state index in [1.807, 2.05) is 39.1 Å². The van der Waals surface area contributed by atoms with Crippen molar-refractivity contribution in [2.75, 3.05) is 38.3 Å². The lowest BCUT2D eigenvalue weighted by atomic mass is 10.0. The fourth-order valence-electron chi connectivity index (χ4n) is 5.26. The summed E-state index contributed by atoms with van der Waals surface area (Å²) in [6.07, 6.45) is -0.323. The van der Waals surface area contributed by atoms with E-state index in [4.69, 9.17) is 25.8 Å². The highest BCUT2D eigenvalue weighted by Crippen LogP contribution is 2.33. The molecule has 2 aliphatic rings. The smallest absolute Gasteiger partial charge is 0.261 e. The van der Waals surface area contributed by atoms with Crippen LogP contribution in [0.2, 0.25) is 5.02 Å². The van der Waals surface area contributed by atoms with E-state index in [0.717, 1.165) is 17.1 Å². The van der Waals surface area contributed by atoms with Crippen LogP contribution in [0.5, 0.6) is 17.2 Å². The maximum Gasteiger partial charge on any atom is 0.261 e. The van der Waals surface area contributed by atoms with Crippen molar-refractivity contribution >= 4 is 33.2 Å². The van der Waals surface area contributed by atoms with E-state index in [1.165, 1.54) is 24.3 Å². The van der Waals surface area contributed by atoms with Crippen molar-refractivity contribution in [1.82, 2.24) is 9.80 Å². The lowest BCUT2D eigenvalue weighted by Crippen LogP contribution is -2.47. The molecule has 2 heterocycles. The molecule has 3 aromatic carbocycles. The molecule has 0 fully saturated rings. The van der Waals surface area contributed by atoms with E-state index < -0.39 is 16.1 Å². The van der Waals surface area contributed by atoms with Crippen LogP contribution in [0.4, 0.5) is 5.69 Å². The second-order valence-corrected chi connectivity index (χ2v) is 13.3. The molecule has 0 saturated heterocycles.